The van der Waals surface area contributed by atoms with Crippen LogP contribution in [0.25, 0.3) is 16.5 Å². The highest BCUT2D eigenvalue weighted by atomic mass is 16.5. The largest absolute Gasteiger partial charge is 0.394 e. The van der Waals surface area contributed by atoms with Crippen molar-refractivity contribution >= 4 is 17.2 Å². The van der Waals surface area contributed by atoms with Crippen LogP contribution < -0.4 is 4.74 Å². The molecule has 0 aliphatic heterocycles. The van der Waals surface area contributed by atoms with E-state index in [4.69, 9.17) is 4.74 Å². The Morgan fingerprint density at radius 3 is 2.74 bits per heavy atom. The number of aromatic nitrogens is 2. The van der Waals surface area contributed by atoms with Gasteiger partial charge in [0, 0.05) is 6.20 Å². The van der Waals surface area contributed by atoms with Crippen LogP contribution in [0.15, 0.2) is 48.7 Å². The number of carbonyl (C=O) groups excluding carboxylic acids is 1. The number of rotatable bonds is 3. The molecule has 3 aromatic rings. The molecule has 0 bridgehead atoms. The Morgan fingerprint density at radius 2 is 1.95 bits per heavy atom. The number of carbonyl (C=O) groups is 1. The number of aryl methyl sites for hydroxylation is 1. The van der Waals surface area contributed by atoms with Gasteiger partial charge in [-0.2, -0.15) is 4.98 Å². The predicted molar refractivity (Wildman–Crippen MR) is 72.5 cm³/mol. The molecule has 0 saturated carbocycles. The molecule has 0 aliphatic carbocycles. The molecule has 94 valence electrons. The van der Waals surface area contributed by atoms with Crippen molar-refractivity contribution in [3.8, 4) is 11.7 Å². The molecule has 0 fully saturated rings. The maximum absolute atomic E-state index is 10.5. The lowest BCUT2D eigenvalue weighted by Crippen LogP contribution is -1.99. The smallest absolute Gasteiger partial charge is 0.308 e. The predicted octanol–water partition coefficient (Wildman–Crippen LogP) is 2.87. The zero-order chi connectivity index (χ0) is 13.2. The van der Waals surface area contributed by atoms with Crippen LogP contribution in [0.1, 0.15) is 5.69 Å². The summed E-state index contributed by atoms with van der Waals surface area (Å²) in [7, 11) is 0. The minimum atomic E-state index is 0.280. The number of imidazole rings is 1. The van der Waals surface area contributed by atoms with Crippen LogP contribution in [0.4, 0.5) is 0 Å². The van der Waals surface area contributed by atoms with Gasteiger partial charge in [-0.3, -0.25) is 9.36 Å². The molecule has 0 spiro atoms. The third-order valence-corrected chi connectivity index (χ3v) is 2.96. The van der Waals surface area contributed by atoms with Crippen LogP contribution in [-0.2, 0) is 4.79 Å². The van der Waals surface area contributed by atoms with Crippen LogP contribution in [0.5, 0.6) is 6.01 Å². The third kappa shape index (κ3) is 2.08. The Kier molecular flexibility index (Phi) is 2.76. The molecule has 19 heavy (non-hydrogen) atoms. The highest BCUT2D eigenvalue weighted by Gasteiger charge is 2.09. The van der Waals surface area contributed by atoms with Gasteiger partial charge < -0.3 is 4.74 Å². The summed E-state index contributed by atoms with van der Waals surface area (Å²) in [4.78, 5) is 14.7. The highest BCUT2D eigenvalue weighted by Crippen LogP contribution is 2.22. The lowest BCUT2D eigenvalue weighted by molar-refractivity contribution is -0.121. The lowest BCUT2D eigenvalue weighted by Gasteiger charge is -2.06. The van der Waals surface area contributed by atoms with Crippen molar-refractivity contribution in [2.75, 3.05) is 0 Å². The second kappa shape index (κ2) is 4.57. The second-order valence-corrected chi connectivity index (χ2v) is 4.28. The Hall–Kier alpha value is -2.62. The SMILES string of the molecule is Cc1cn(-c2ccc3ccccc3c2)c(OC=O)n1. The van der Waals surface area contributed by atoms with Crippen molar-refractivity contribution in [3.05, 3.63) is 54.4 Å². The van der Waals surface area contributed by atoms with Gasteiger partial charge in [0.25, 0.3) is 0 Å². The van der Waals surface area contributed by atoms with E-state index in [1.165, 1.54) is 5.39 Å². The first kappa shape index (κ1) is 11.5. The minimum Gasteiger partial charge on any atom is -0.394 e. The Labute approximate surface area is 110 Å². The van der Waals surface area contributed by atoms with E-state index in [0.717, 1.165) is 16.8 Å². The average Bonchev–Trinajstić information content (AvgIpc) is 2.80. The van der Waals surface area contributed by atoms with Crippen LogP contribution in [0.3, 0.4) is 0 Å². The number of hydrogen-bond donors (Lipinski definition) is 0. The maximum atomic E-state index is 10.5. The number of ether oxygens (including phenoxy) is 1. The molecule has 2 aromatic carbocycles. The molecule has 0 aliphatic rings. The van der Waals surface area contributed by atoms with E-state index in [1.54, 1.807) is 4.57 Å². The summed E-state index contributed by atoms with van der Waals surface area (Å²) in [5.74, 6) is 0. The Balaban J connectivity index is 2.15. The minimum absolute atomic E-state index is 0.280. The third-order valence-electron chi connectivity index (χ3n) is 2.96. The van der Waals surface area contributed by atoms with Gasteiger partial charge in [-0.1, -0.05) is 30.3 Å². The van der Waals surface area contributed by atoms with Crippen molar-refractivity contribution in [1.29, 1.82) is 0 Å². The molecular weight excluding hydrogens is 240 g/mol. The molecule has 4 nitrogen and oxygen atoms in total. The molecule has 0 radical (unpaired) electrons. The van der Waals surface area contributed by atoms with E-state index >= 15 is 0 Å². The van der Waals surface area contributed by atoms with Crippen LogP contribution >= 0.6 is 0 Å². The first-order valence-electron chi connectivity index (χ1n) is 5.93. The van der Waals surface area contributed by atoms with Crippen LogP contribution in [0, 0.1) is 6.92 Å². The summed E-state index contributed by atoms with van der Waals surface area (Å²) in [5.41, 5.74) is 1.71. The van der Waals surface area contributed by atoms with Crippen molar-refractivity contribution < 1.29 is 9.53 Å². The summed E-state index contributed by atoms with van der Waals surface area (Å²) >= 11 is 0. The van der Waals surface area contributed by atoms with Gasteiger partial charge >= 0.3 is 12.5 Å². The first-order chi connectivity index (χ1) is 9.28. The van der Waals surface area contributed by atoms with E-state index in [9.17, 15) is 4.79 Å². The van der Waals surface area contributed by atoms with E-state index in [0.29, 0.717) is 6.47 Å². The Morgan fingerprint density at radius 1 is 1.16 bits per heavy atom. The van der Waals surface area contributed by atoms with E-state index in [-0.39, 0.29) is 6.01 Å². The van der Waals surface area contributed by atoms with Crippen LogP contribution in [-0.4, -0.2) is 16.0 Å². The van der Waals surface area contributed by atoms with Gasteiger partial charge in [-0.25, -0.2) is 0 Å². The molecule has 4 heteroatoms. The van der Waals surface area contributed by atoms with Crippen molar-refractivity contribution in [2.24, 2.45) is 0 Å². The summed E-state index contributed by atoms with van der Waals surface area (Å²) in [6.45, 7) is 2.24. The first-order valence-corrected chi connectivity index (χ1v) is 5.93. The summed E-state index contributed by atoms with van der Waals surface area (Å²) in [6, 6.07) is 14.4. The summed E-state index contributed by atoms with van der Waals surface area (Å²) in [6.07, 6.45) is 1.84. The Bertz CT molecular complexity index is 747. The van der Waals surface area contributed by atoms with Crippen molar-refractivity contribution in [3.63, 3.8) is 0 Å². The molecule has 0 atom stereocenters. The monoisotopic (exact) mass is 252 g/mol. The fourth-order valence-electron chi connectivity index (χ4n) is 2.11. The molecule has 3 rings (SSSR count). The average molecular weight is 252 g/mol. The van der Waals surface area contributed by atoms with E-state index in [2.05, 4.69) is 11.1 Å². The lowest BCUT2D eigenvalue weighted by atomic mass is 10.1. The number of hydrogen-bond acceptors (Lipinski definition) is 3. The van der Waals surface area contributed by atoms with Gasteiger partial charge in [0.1, 0.15) is 0 Å². The summed E-state index contributed by atoms with van der Waals surface area (Å²) in [5, 5.41) is 2.30. The zero-order valence-electron chi connectivity index (χ0n) is 10.4. The molecule has 0 N–H and O–H groups in total. The van der Waals surface area contributed by atoms with Gasteiger partial charge in [0.2, 0.25) is 0 Å². The zero-order valence-corrected chi connectivity index (χ0v) is 10.4. The molecule has 0 saturated heterocycles. The maximum Gasteiger partial charge on any atom is 0.308 e. The topological polar surface area (TPSA) is 44.1 Å². The normalized spacial score (nSPS) is 10.6. The molecule has 0 unspecified atom stereocenters. The van der Waals surface area contributed by atoms with Crippen LogP contribution in [0.2, 0.25) is 0 Å². The van der Waals surface area contributed by atoms with E-state index < -0.39 is 0 Å². The van der Waals surface area contributed by atoms with Crippen molar-refractivity contribution in [1.82, 2.24) is 9.55 Å². The molecule has 1 aromatic heterocycles. The highest BCUT2D eigenvalue weighted by molar-refractivity contribution is 5.84. The van der Waals surface area contributed by atoms with Gasteiger partial charge in [-0.15, -0.1) is 0 Å². The molecule has 0 amide bonds. The number of benzene rings is 2. The fraction of sp³-hybridized carbons (Fsp3) is 0.0667. The standard InChI is InChI=1S/C15H12N2O2/c1-11-9-17(15(16-11)19-10-18)14-7-6-12-4-2-3-5-13(12)8-14/h2-10H,1H3. The molecular formula is C15H12N2O2. The molecule has 1 heterocycles. The quantitative estimate of drug-likeness (QED) is 0.673. The number of nitrogens with zero attached hydrogens (tertiary/aromatic N) is 2. The van der Waals surface area contributed by atoms with Gasteiger partial charge in [-0.05, 0) is 29.8 Å². The number of fused-ring (bicyclic) bond motifs is 1. The second-order valence-electron chi connectivity index (χ2n) is 4.28. The fourth-order valence-corrected chi connectivity index (χ4v) is 2.11. The van der Waals surface area contributed by atoms with E-state index in [1.807, 2.05) is 49.5 Å². The van der Waals surface area contributed by atoms with Gasteiger partial charge in [0.05, 0.1) is 11.4 Å². The van der Waals surface area contributed by atoms with Crippen molar-refractivity contribution in [2.45, 2.75) is 6.92 Å². The van der Waals surface area contributed by atoms with Gasteiger partial charge in [0.15, 0.2) is 0 Å². The summed E-state index contributed by atoms with van der Waals surface area (Å²) < 4.78 is 6.66.